The molecule has 16 rings (SSSR count). The number of oxazole rings is 4. The molecule has 4 atom stereocenters. The molecule has 0 bridgehead atoms. The highest BCUT2D eigenvalue weighted by molar-refractivity contribution is 8.01. The summed E-state index contributed by atoms with van der Waals surface area (Å²) in [6, 6.07) is 14.5. The van der Waals surface area contributed by atoms with Gasteiger partial charge in [0.05, 0.1) is 89.4 Å². The molecule has 8 aromatic heterocycles. The second-order valence-corrected chi connectivity index (χ2v) is 48.5. The highest BCUT2D eigenvalue weighted by Gasteiger charge is 2.36. The van der Waals surface area contributed by atoms with Gasteiger partial charge in [-0.25, -0.2) is 49.5 Å². The zero-order valence-electron chi connectivity index (χ0n) is 83.7. The van der Waals surface area contributed by atoms with Crippen LogP contribution in [0.15, 0.2) is 183 Å². The van der Waals surface area contributed by atoms with E-state index < -0.39 is 6.09 Å². The van der Waals surface area contributed by atoms with Crippen molar-refractivity contribution in [2.45, 2.75) is 272 Å². The van der Waals surface area contributed by atoms with Gasteiger partial charge in [-0.15, -0.1) is 47.0 Å². The quantitative estimate of drug-likeness (QED) is 0.0143. The predicted octanol–water partition coefficient (Wildman–Crippen LogP) is 21.4. The molecule has 8 N–H and O–H groups in total. The first-order chi connectivity index (χ1) is 69.0. The fourth-order valence-electron chi connectivity index (χ4n) is 16.4. The molecule has 145 heavy (non-hydrogen) atoms. The zero-order chi connectivity index (χ0) is 103. The van der Waals surface area contributed by atoms with E-state index in [1.54, 1.807) is 158 Å². The van der Waals surface area contributed by atoms with E-state index >= 15 is 0 Å². The van der Waals surface area contributed by atoms with E-state index in [1.165, 1.54) is 24.3 Å². The van der Waals surface area contributed by atoms with Crippen LogP contribution in [0, 0.1) is 5.92 Å². The highest BCUT2D eigenvalue weighted by Crippen LogP contribution is 2.40. The lowest BCUT2D eigenvalue weighted by molar-refractivity contribution is -0.137. The molecule has 2 aromatic carbocycles. The number of amides is 9. The Balaban J connectivity index is 0.000000172. The maximum atomic E-state index is 13.2. The molecule has 9 amide bonds. The van der Waals surface area contributed by atoms with Gasteiger partial charge < -0.3 is 89.4 Å². The van der Waals surface area contributed by atoms with Crippen LogP contribution in [0.5, 0.6) is 5.75 Å². The number of nitrogens with zero attached hydrogens (tertiary/aromatic N) is 13. The summed E-state index contributed by atoms with van der Waals surface area (Å²) in [5.74, 6) is 9.26. The molecular formula is C103H137N21O13S8. The Labute approximate surface area is 882 Å². The molecule has 0 unspecified atom stereocenters. The third-order valence-corrected chi connectivity index (χ3v) is 32.9. The van der Waals surface area contributed by atoms with Crippen molar-refractivity contribution in [2.24, 2.45) is 5.92 Å². The Morgan fingerprint density at radius 1 is 0.400 bits per heavy atom. The maximum absolute atomic E-state index is 13.2. The first kappa shape index (κ1) is 112. The average molecular weight is 2130 g/mol. The minimum atomic E-state index is -0.398. The molecule has 6 aliphatic rings. The van der Waals surface area contributed by atoms with Crippen molar-refractivity contribution in [2.75, 3.05) is 97.3 Å². The van der Waals surface area contributed by atoms with E-state index in [-0.39, 0.29) is 107 Å². The number of thioether (sulfide) groups is 4. The topological polar surface area (TPSA) is 414 Å². The van der Waals surface area contributed by atoms with Gasteiger partial charge in [0.1, 0.15) is 28.8 Å². The highest BCUT2D eigenvalue weighted by atomic mass is 32.2. The van der Waals surface area contributed by atoms with Gasteiger partial charge in [0, 0.05) is 147 Å². The molecule has 10 aromatic rings. The molecule has 6 fully saturated rings. The number of thiazole rings is 4. The molecule has 0 radical (unpaired) electrons. The Bertz CT molecular complexity index is 5760. The van der Waals surface area contributed by atoms with Crippen LogP contribution in [0.2, 0.25) is 0 Å². The lowest BCUT2D eigenvalue weighted by Crippen LogP contribution is -2.54. The van der Waals surface area contributed by atoms with Crippen molar-refractivity contribution in [1.82, 2.24) is 75.0 Å². The number of hydrogen-bond acceptors (Lipinski definition) is 33. The van der Waals surface area contributed by atoms with Crippen molar-refractivity contribution >= 4 is 172 Å². The second kappa shape index (κ2) is 53.9. The average Bonchev–Trinajstić information content (AvgIpc) is 1.83. The van der Waals surface area contributed by atoms with Crippen LogP contribution in [0.3, 0.4) is 0 Å². The number of ether oxygens (including phenoxy) is 1. The molecule has 5 aliphatic heterocycles. The van der Waals surface area contributed by atoms with Crippen molar-refractivity contribution < 1.29 is 60.8 Å². The molecule has 5 saturated heterocycles. The summed E-state index contributed by atoms with van der Waals surface area (Å²) in [5.41, 5.74) is 1.67. The van der Waals surface area contributed by atoms with Crippen LogP contribution in [-0.2, 0) is 63.2 Å². The second-order valence-electron chi connectivity index (χ2n) is 39.2. The van der Waals surface area contributed by atoms with Gasteiger partial charge in [0.25, 0.3) is 5.91 Å². The molecular weight excluding hydrogens is 2000 g/mol. The number of carbonyl (C=O) groups excluding carboxylic acids is 8. The number of carbonyl (C=O) groups is 8. The van der Waals surface area contributed by atoms with Gasteiger partial charge in [0.15, 0.2) is 20.5 Å². The molecule has 13 heterocycles. The third-order valence-electron chi connectivity index (χ3n) is 24.4. The van der Waals surface area contributed by atoms with Crippen LogP contribution in [0.1, 0.15) is 236 Å². The zero-order valence-corrected chi connectivity index (χ0v) is 90.2. The third kappa shape index (κ3) is 35.0. The number of anilines is 6. The van der Waals surface area contributed by atoms with Gasteiger partial charge in [0.2, 0.25) is 53.1 Å². The number of hydrogen-bond donors (Lipinski definition) is 8. The van der Waals surface area contributed by atoms with Gasteiger partial charge in [-0.3, -0.25) is 28.8 Å². The van der Waals surface area contributed by atoms with Crippen LogP contribution in [0.4, 0.5) is 41.5 Å². The molecule has 780 valence electrons. The first-order valence-electron chi connectivity index (χ1n) is 48.7. The Hall–Kier alpha value is -11.3. The molecule has 1 saturated carbocycles. The van der Waals surface area contributed by atoms with Gasteiger partial charge >= 0.3 is 12.1 Å². The van der Waals surface area contributed by atoms with E-state index in [4.69, 9.17) is 22.4 Å². The fraction of sp³-hybridized carbons (Fsp3) is 0.495. The summed E-state index contributed by atoms with van der Waals surface area (Å²) in [6.07, 6.45) is 31.9. The molecule has 34 nitrogen and oxygen atoms in total. The molecule has 1 aliphatic carbocycles. The number of likely N-dealkylation sites (tertiary alicyclic amines) is 5. The Kier molecular flexibility index (Phi) is 41.8. The minimum absolute atomic E-state index is 0. The summed E-state index contributed by atoms with van der Waals surface area (Å²) in [6.45, 7) is 43.8. The largest absolute Gasteiger partial charge is 0.445 e. The maximum Gasteiger partial charge on any atom is 0.415 e. The lowest BCUT2D eigenvalue weighted by atomic mass is 9.84. The van der Waals surface area contributed by atoms with Crippen LogP contribution in [-0.4, -0.2) is 214 Å². The number of urea groups is 1. The summed E-state index contributed by atoms with van der Waals surface area (Å²) >= 11 is 13.1. The van der Waals surface area contributed by atoms with Crippen molar-refractivity contribution in [3.05, 3.63) is 201 Å². The standard InChI is InChI=1S/C26H31N5O4S2.C26H37N5O3S2.C25H36N6O3S2.C25H29N5O3S2.CH4/c1-5-21(32)29-17-8-10-19(11-9-17)34-25(33)31-12-6-7-18(15-31)30-24-28-14-23(37-24)36-16-22-27-13-20(35-22)26(2,3)4;1-5-21(32)29-18-10-8-17(9-11-18)24(33)31-12-6-7-19(15-31)30-25-28-14-23(36-25)35-16-22-27-13-20(34-22)26(2,3)4;1-5-20(32)28-17-8-11-30(12-9-17)24(33)31-10-6-7-18(15-31)29-23-27-14-22(36-23)35-16-21-26-13-19(34-21)25(2,3)4;1-4-21(31)28-18-9-7-17(8-10-18)24(32)30-11-5-6-19(14-30)29-25-27-13-23(35-25)34-15-22-26-12-20(33-22)16(2)3;/h5,8-11,13-14,18H,1,6-7,12,15-16H2,2-4H3,(H,28,30)(H,29,32);5,13-14,17-19H,1,6-12,15-16H2,2-4H3,(H,28,30)(H,29,32);5,13-14,17-18H,1,6-12,15-16H2,2-4H3,(H,27,29)(H,28,32);4,7-10,12-13,16,19H,1,5-6,11,14-15H2,2-3H3,(H,27,29)(H,28,31);1H4/t18-;17?,18?,19-;18-;19-;/m1110./s1. The monoisotopic (exact) mass is 2130 g/mol. The summed E-state index contributed by atoms with van der Waals surface area (Å²) < 4.78 is 33.3. The van der Waals surface area contributed by atoms with Crippen molar-refractivity contribution in [1.29, 1.82) is 0 Å². The van der Waals surface area contributed by atoms with Gasteiger partial charge in [-0.05, 0) is 163 Å². The van der Waals surface area contributed by atoms with E-state index in [0.717, 1.165) is 188 Å². The summed E-state index contributed by atoms with van der Waals surface area (Å²) in [5, 5.41) is 28.7. The predicted molar refractivity (Wildman–Crippen MR) is 581 cm³/mol. The van der Waals surface area contributed by atoms with Gasteiger partial charge in [-0.1, -0.05) is 155 Å². The normalized spacial score (nSPS) is 18.2. The summed E-state index contributed by atoms with van der Waals surface area (Å²) in [4.78, 5) is 143. The lowest BCUT2D eigenvalue weighted by Gasteiger charge is -2.39. The van der Waals surface area contributed by atoms with Crippen LogP contribution < -0.4 is 47.3 Å². The number of nitrogens with one attached hydrogen (secondary N) is 8. The van der Waals surface area contributed by atoms with E-state index in [1.807, 2.05) is 56.8 Å². The van der Waals surface area contributed by atoms with Crippen molar-refractivity contribution in [3.8, 4) is 5.75 Å². The fourth-order valence-corrected chi connectivity index (χ4v) is 23.7. The minimum Gasteiger partial charge on any atom is -0.445 e. The number of piperidine rings is 5. The van der Waals surface area contributed by atoms with E-state index in [9.17, 15) is 38.4 Å². The van der Waals surface area contributed by atoms with E-state index in [2.05, 4.69) is 185 Å². The van der Waals surface area contributed by atoms with Crippen LogP contribution >= 0.6 is 92.4 Å². The Morgan fingerprint density at radius 3 is 1.12 bits per heavy atom. The molecule has 0 spiro atoms. The smallest absolute Gasteiger partial charge is 0.415 e. The number of benzene rings is 2. The summed E-state index contributed by atoms with van der Waals surface area (Å²) in [7, 11) is 0. The van der Waals surface area contributed by atoms with E-state index in [0.29, 0.717) is 103 Å². The van der Waals surface area contributed by atoms with Gasteiger partial charge in [-0.2, -0.15) is 0 Å². The van der Waals surface area contributed by atoms with Crippen molar-refractivity contribution in [3.63, 3.8) is 0 Å². The Morgan fingerprint density at radius 2 is 0.745 bits per heavy atom. The number of aromatic nitrogens is 8. The SMILES string of the molecule is C.C=CC(=O)NC1CCC(C(=O)N2CCC[C@@H](Nc3ncc(SCc4ncc(C(C)(C)C)o4)s3)C2)CC1.C=CC(=O)NC1CCN(C(=O)N2CCC[C@@H](Nc3ncc(SCc4ncc(C(C)(C)C)o4)s3)C2)CC1.C=CC(=O)Nc1ccc(C(=O)N2CCC[C@H](Nc3ncc(SCc4ncc(C(C)C)o4)s3)C2)cc1.C=CC(=O)Nc1ccc(OC(=O)N2CCC[C@@H](Nc3ncc(SCc4ncc(C(C)(C)C)o4)s3)C2)cc1. The first-order valence-corrected chi connectivity index (χ1v) is 56.0. The van der Waals surface area contributed by atoms with Crippen LogP contribution in [0.25, 0.3) is 0 Å². The molecule has 42 heteroatoms. The number of rotatable bonds is 32.